The summed E-state index contributed by atoms with van der Waals surface area (Å²) in [7, 11) is 0. The lowest BCUT2D eigenvalue weighted by molar-refractivity contribution is -0.153. The van der Waals surface area contributed by atoms with Crippen LogP contribution in [0.1, 0.15) is 40.0 Å². The standard InChI is InChI=1S/C11H18O2/c1-5-9(8(2)3)13-10(12)11(4)6-7-11/h9H,2,5-7H2,1,3-4H3. The molecule has 0 bridgehead atoms. The van der Waals surface area contributed by atoms with Gasteiger partial charge in [-0.2, -0.15) is 0 Å². The van der Waals surface area contributed by atoms with Gasteiger partial charge < -0.3 is 4.74 Å². The van der Waals surface area contributed by atoms with E-state index in [1.165, 1.54) is 0 Å². The lowest BCUT2D eigenvalue weighted by Crippen LogP contribution is -2.23. The molecule has 74 valence electrons. The fraction of sp³-hybridized carbons (Fsp3) is 0.727. The highest BCUT2D eigenvalue weighted by atomic mass is 16.5. The number of carbonyl (C=O) groups is 1. The third-order valence-corrected chi connectivity index (χ3v) is 2.66. The van der Waals surface area contributed by atoms with E-state index in [1.54, 1.807) is 0 Å². The molecule has 0 aromatic heterocycles. The minimum atomic E-state index is -0.178. The van der Waals surface area contributed by atoms with E-state index in [0.717, 1.165) is 24.8 Å². The van der Waals surface area contributed by atoms with Crippen molar-refractivity contribution in [2.75, 3.05) is 0 Å². The first-order valence-corrected chi connectivity index (χ1v) is 4.86. The van der Waals surface area contributed by atoms with Crippen LogP contribution in [-0.2, 0) is 9.53 Å². The Bertz CT molecular complexity index is 226. The molecule has 1 aliphatic rings. The first-order chi connectivity index (χ1) is 5.99. The molecule has 0 aromatic carbocycles. The SMILES string of the molecule is C=C(C)C(CC)OC(=O)C1(C)CC1. The van der Waals surface area contributed by atoms with Gasteiger partial charge in [0, 0.05) is 0 Å². The predicted octanol–water partition coefficient (Wildman–Crippen LogP) is 2.68. The first kappa shape index (κ1) is 10.3. The van der Waals surface area contributed by atoms with Crippen molar-refractivity contribution in [1.82, 2.24) is 0 Å². The van der Waals surface area contributed by atoms with Crippen molar-refractivity contribution in [2.45, 2.75) is 46.1 Å². The molecule has 1 rings (SSSR count). The quantitative estimate of drug-likeness (QED) is 0.493. The van der Waals surface area contributed by atoms with E-state index < -0.39 is 0 Å². The van der Waals surface area contributed by atoms with Crippen LogP contribution in [0.5, 0.6) is 0 Å². The van der Waals surface area contributed by atoms with Crippen LogP contribution in [0.4, 0.5) is 0 Å². The second kappa shape index (κ2) is 3.52. The van der Waals surface area contributed by atoms with E-state index >= 15 is 0 Å². The summed E-state index contributed by atoms with van der Waals surface area (Å²) >= 11 is 0. The zero-order chi connectivity index (χ0) is 10.1. The van der Waals surface area contributed by atoms with Crippen molar-refractivity contribution < 1.29 is 9.53 Å². The van der Waals surface area contributed by atoms with Gasteiger partial charge in [0.25, 0.3) is 0 Å². The lowest BCUT2D eigenvalue weighted by atomic mass is 10.1. The fourth-order valence-corrected chi connectivity index (χ4v) is 1.20. The molecule has 0 aliphatic heterocycles. The van der Waals surface area contributed by atoms with Gasteiger partial charge >= 0.3 is 5.97 Å². The van der Waals surface area contributed by atoms with E-state index in [4.69, 9.17) is 4.74 Å². The van der Waals surface area contributed by atoms with Crippen molar-refractivity contribution in [3.8, 4) is 0 Å². The van der Waals surface area contributed by atoms with Crippen LogP contribution in [0.15, 0.2) is 12.2 Å². The lowest BCUT2D eigenvalue weighted by Gasteiger charge is -2.18. The van der Waals surface area contributed by atoms with Crippen molar-refractivity contribution in [2.24, 2.45) is 5.41 Å². The van der Waals surface area contributed by atoms with Crippen molar-refractivity contribution in [3.05, 3.63) is 12.2 Å². The Morgan fingerprint density at radius 2 is 2.15 bits per heavy atom. The molecule has 2 nitrogen and oxygen atoms in total. The van der Waals surface area contributed by atoms with Gasteiger partial charge in [0.2, 0.25) is 0 Å². The Kier molecular flexibility index (Phi) is 2.79. The van der Waals surface area contributed by atoms with Gasteiger partial charge in [-0.15, -0.1) is 0 Å². The highest BCUT2D eigenvalue weighted by molar-refractivity contribution is 5.79. The van der Waals surface area contributed by atoms with Gasteiger partial charge in [0.15, 0.2) is 0 Å². The maximum absolute atomic E-state index is 11.5. The van der Waals surface area contributed by atoms with Crippen LogP contribution in [0.2, 0.25) is 0 Å². The Morgan fingerprint density at radius 1 is 1.62 bits per heavy atom. The van der Waals surface area contributed by atoms with E-state index in [1.807, 2.05) is 20.8 Å². The molecular weight excluding hydrogens is 164 g/mol. The Labute approximate surface area is 80.0 Å². The maximum Gasteiger partial charge on any atom is 0.312 e. The van der Waals surface area contributed by atoms with Crippen LogP contribution >= 0.6 is 0 Å². The monoisotopic (exact) mass is 182 g/mol. The van der Waals surface area contributed by atoms with Gasteiger partial charge in [-0.25, -0.2) is 0 Å². The number of ether oxygens (including phenoxy) is 1. The van der Waals surface area contributed by atoms with Gasteiger partial charge in [-0.3, -0.25) is 4.79 Å². The molecule has 0 spiro atoms. The second-order valence-corrected chi connectivity index (χ2v) is 4.21. The topological polar surface area (TPSA) is 26.3 Å². The van der Waals surface area contributed by atoms with Crippen LogP contribution in [0.3, 0.4) is 0 Å². The molecule has 1 atom stereocenters. The average Bonchev–Trinajstić information content (AvgIpc) is 2.79. The normalized spacial score (nSPS) is 20.5. The van der Waals surface area contributed by atoms with E-state index in [0.29, 0.717) is 0 Å². The molecule has 0 saturated heterocycles. The maximum atomic E-state index is 11.5. The van der Waals surface area contributed by atoms with Gasteiger partial charge in [0.1, 0.15) is 6.10 Å². The molecule has 1 saturated carbocycles. The molecule has 0 N–H and O–H groups in total. The van der Waals surface area contributed by atoms with E-state index in [-0.39, 0.29) is 17.5 Å². The fourth-order valence-electron chi connectivity index (χ4n) is 1.20. The van der Waals surface area contributed by atoms with Crippen LogP contribution in [0.25, 0.3) is 0 Å². The highest BCUT2D eigenvalue weighted by Gasteiger charge is 2.47. The summed E-state index contributed by atoms with van der Waals surface area (Å²) in [6, 6.07) is 0. The minimum Gasteiger partial charge on any atom is -0.457 e. The summed E-state index contributed by atoms with van der Waals surface area (Å²) in [6.45, 7) is 9.66. The van der Waals surface area contributed by atoms with Crippen molar-refractivity contribution in [3.63, 3.8) is 0 Å². The minimum absolute atomic E-state index is 0.0534. The number of rotatable bonds is 4. The largest absolute Gasteiger partial charge is 0.457 e. The molecule has 0 radical (unpaired) electrons. The number of hydrogen-bond donors (Lipinski definition) is 0. The molecule has 0 amide bonds. The Morgan fingerprint density at radius 3 is 2.46 bits per heavy atom. The summed E-state index contributed by atoms with van der Waals surface area (Å²) < 4.78 is 5.35. The third kappa shape index (κ3) is 2.33. The second-order valence-electron chi connectivity index (χ2n) is 4.21. The molecule has 13 heavy (non-hydrogen) atoms. The van der Waals surface area contributed by atoms with Crippen molar-refractivity contribution >= 4 is 5.97 Å². The number of esters is 1. The Balaban J connectivity index is 2.46. The van der Waals surface area contributed by atoms with Gasteiger partial charge in [-0.05, 0) is 38.7 Å². The van der Waals surface area contributed by atoms with E-state index in [9.17, 15) is 4.79 Å². The van der Waals surface area contributed by atoms with Gasteiger partial charge in [-0.1, -0.05) is 13.5 Å². The van der Waals surface area contributed by atoms with E-state index in [2.05, 4.69) is 6.58 Å². The average molecular weight is 182 g/mol. The smallest absolute Gasteiger partial charge is 0.312 e. The predicted molar refractivity (Wildman–Crippen MR) is 52.3 cm³/mol. The summed E-state index contributed by atoms with van der Waals surface area (Å²) in [5.74, 6) is -0.0534. The zero-order valence-electron chi connectivity index (χ0n) is 8.72. The zero-order valence-corrected chi connectivity index (χ0v) is 8.72. The highest BCUT2D eigenvalue weighted by Crippen LogP contribution is 2.46. The summed E-state index contributed by atoms with van der Waals surface area (Å²) in [5.41, 5.74) is 0.753. The summed E-state index contributed by atoms with van der Waals surface area (Å²) in [4.78, 5) is 11.5. The third-order valence-electron chi connectivity index (χ3n) is 2.66. The number of carbonyl (C=O) groups excluding carboxylic acids is 1. The van der Waals surface area contributed by atoms with Crippen molar-refractivity contribution in [1.29, 1.82) is 0 Å². The Hall–Kier alpha value is -0.790. The van der Waals surface area contributed by atoms with Crippen LogP contribution in [0, 0.1) is 5.41 Å². The molecule has 0 aromatic rings. The first-order valence-electron chi connectivity index (χ1n) is 4.86. The molecular formula is C11H18O2. The number of hydrogen-bond acceptors (Lipinski definition) is 2. The summed E-state index contributed by atoms with van der Waals surface area (Å²) in [5, 5.41) is 0. The van der Waals surface area contributed by atoms with Crippen LogP contribution < -0.4 is 0 Å². The molecule has 1 unspecified atom stereocenters. The molecule has 1 aliphatic carbocycles. The summed E-state index contributed by atoms with van der Waals surface area (Å²) in [6.07, 6.45) is 2.67. The molecule has 2 heteroatoms. The molecule has 0 heterocycles. The molecule has 1 fully saturated rings. The van der Waals surface area contributed by atoms with Crippen LogP contribution in [-0.4, -0.2) is 12.1 Å². The van der Waals surface area contributed by atoms with Gasteiger partial charge in [0.05, 0.1) is 5.41 Å².